The number of hydrogen-bond donors (Lipinski definition) is 0. The zero-order valence-electron chi connectivity index (χ0n) is 30.5. The van der Waals surface area contributed by atoms with E-state index in [0.29, 0.717) is 0 Å². The van der Waals surface area contributed by atoms with Gasteiger partial charge in [-0.15, -0.1) is 22.7 Å². The van der Waals surface area contributed by atoms with Crippen molar-refractivity contribution < 1.29 is 0 Å². The van der Waals surface area contributed by atoms with Crippen molar-refractivity contribution in [1.82, 2.24) is 0 Å². The lowest BCUT2D eigenvalue weighted by Crippen LogP contribution is -2.30. The molecule has 4 heteroatoms. The van der Waals surface area contributed by atoms with Crippen LogP contribution in [0.2, 0.25) is 0 Å². The van der Waals surface area contributed by atoms with Gasteiger partial charge in [0.2, 0.25) is 0 Å². The number of rotatable bonds is 5. The molecule has 0 saturated heterocycles. The summed E-state index contributed by atoms with van der Waals surface area (Å²) >= 11 is 3.73. The van der Waals surface area contributed by atoms with E-state index in [1.807, 2.05) is 22.7 Å². The Bertz CT molecular complexity index is 2930. The van der Waals surface area contributed by atoms with Crippen molar-refractivity contribution in [3.8, 4) is 11.1 Å². The third kappa shape index (κ3) is 5.13. The molecule has 0 bridgehead atoms. The molecule has 8 aromatic carbocycles. The van der Waals surface area contributed by atoms with Gasteiger partial charge in [-0.3, -0.25) is 0 Å². The molecule has 1 aliphatic rings. The molecule has 3 heterocycles. The molecule has 262 valence electrons. The van der Waals surface area contributed by atoms with Crippen LogP contribution in [0.5, 0.6) is 0 Å². The average molecular weight is 741 g/mol. The van der Waals surface area contributed by atoms with E-state index in [2.05, 4.69) is 206 Å². The third-order valence-corrected chi connectivity index (χ3v) is 13.7. The first kappa shape index (κ1) is 32.2. The van der Waals surface area contributed by atoms with Crippen molar-refractivity contribution in [2.75, 3.05) is 9.80 Å². The second-order valence-electron chi connectivity index (χ2n) is 15.0. The lowest BCUT2D eigenvalue weighted by Gasteiger charge is -2.42. The lowest BCUT2D eigenvalue weighted by molar-refractivity contribution is 0.632. The first-order valence-electron chi connectivity index (χ1n) is 18.8. The maximum absolute atomic E-state index is 2.43. The summed E-state index contributed by atoms with van der Waals surface area (Å²) in [7, 11) is 0. The molecule has 0 radical (unpaired) electrons. The van der Waals surface area contributed by atoms with Crippen molar-refractivity contribution in [2.45, 2.75) is 19.3 Å². The molecule has 0 atom stereocenters. The first-order chi connectivity index (χ1) is 27.0. The predicted molar refractivity (Wildman–Crippen MR) is 239 cm³/mol. The van der Waals surface area contributed by atoms with Crippen LogP contribution >= 0.6 is 22.7 Å². The number of anilines is 6. The summed E-state index contributed by atoms with van der Waals surface area (Å²) in [5.41, 5.74) is 12.0. The lowest BCUT2D eigenvalue weighted by atomic mass is 9.73. The Morgan fingerprint density at radius 2 is 0.891 bits per heavy atom. The third-order valence-electron chi connectivity index (χ3n) is 11.4. The van der Waals surface area contributed by atoms with E-state index < -0.39 is 0 Å². The van der Waals surface area contributed by atoms with Gasteiger partial charge in [-0.05, 0) is 95.1 Å². The van der Waals surface area contributed by atoms with Crippen molar-refractivity contribution in [2.24, 2.45) is 0 Å². The average Bonchev–Trinajstić information content (AvgIpc) is 3.79. The molecule has 10 aromatic rings. The Labute approximate surface area is 328 Å². The SMILES string of the molecule is CC1(C)c2ccccc2N(c2cccc(-c3ccc(N(c4ccc5c(c4)sc4ccccc45)c4ccc5c(c4)sc4ccccc45)cc3)c2)c2ccccc21. The highest BCUT2D eigenvalue weighted by Crippen LogP contribution is 2.52. The number of hydrogen-bond acceptors (Lipinski definition) is 4. The van der Waals surface area contributed by atoms with Gasteiger partial charge < -0.3 is 9.80 Å². The number of benzene rings is 8. The summed E-state index contributed by atoms with van der Waals surface area (Å²) in [5, 5.41) is 5.25. The van der Waals surface area contributed by atoms with Crippen LogP contribution in [-0.4, -0.2) is 0 Å². The molecule has 0 fully saturated rings. The second-order valence-corrected chi connectivity index (χ2v) is 17.2. The first-order valence-corrected chi connectivity index (χ1v) is 20.5. The normalized spacial score (nSPS) is 13.4. The minimum Gasteiger partial charge on any atom is -0.310 e. The highest BCUT2D eigenvalue weighted by atomic mass is 32.1. The van der Waals surface area contributed by atoms with Gasteiger partial charge in [-0.1, -0.05) is 123 Å². The molecule has 0 N–H and O–H groups in total. The zero-order valence-corrected chi connectivity index (χ0v) is 32.2. The van der Waals surface area contributed by atoms with Crippen LogP contribution in [0.25, 0.3) is 51.5 Å². The minimum absolute atomic E-state index is 0.0913. The smallest absolute Gasteiger partial charge is 0.0502 e. The van der Waals surface area contributed by atoms with Gasteiger partial charge in [0.1, 0.15) is 0 Å². The van der Waals surface area contributed by atoms with E-state index in [-0.39, 0.29) is 5.41 Å². The fraction of sp³-hybridized carbons (Fsp3) is 0.0588. The molecule has 55 heavy (non-hydrogen) atoms. The molecule has 0 saturated carbocycles. The summed E-state index contributed by atoms with van der Waals surface area (Å²) in [6.07, 6.45) is 0. The van der Waals surface area contributed by atoms with Crippen molar-refractivity contribution >= 4 is 97.1 Å². The van der Waals surface area contributed by atoms with E-state index in [1.165, 1.54) is 74.0 Å². The fourth-order valence-corrected chi connectivity index (χ4v) is 11.0. The van der Waals surface area contributed by atoms with Gasteiger partial charge in [-0.25, -0.2) is 0 Å². The minimum atomic E-state index is -0.0913. The van der Waals surface area contributed by atoms with E-state index in [0.717, 1.165) is 22.7 Å². The number of fused-ring (bicyclic) bond motifs is 8. The molecule has 1 aliphatic heterocycles. The Morgan fingerprint density at radius 1 is 0.400 bits per heavy atom. The quantitative estimate of drug-likeness (QED) is 0.173. The summed E-state index contributed by atoms with van der Waals surface area (Å²) in [6.45, 7) is 4.68. The van der Waals surface area contributed by atoms with Crippen LogP contribution in [0.3, 0.4) is 0 Å². The summed E-state index contributed by atoms with van der Waals surface area (Å²) in [5.74, 6) is 0. The molecule has 0 unspecified atom stereocenters. The van der Waals surface area contributed by atoms with Crippen LogP contribution in [0.1, 0.15) is 25.0 Å². The summed E-state index contributed by atoms with van der Waals surface area (Å²) in [6, 6.07) is 67.2. The molecular formula is C51H36N2S2. The zero-order chi connectivity index (χ0) is 36.7. The van der Waals surface area contributed by atoms with Crippen LogP contribution in [0, 0.1) is 0 Å². The Balaban J connectivity index is 1.01. The van der Waals surface area contributed by atoms with Crippen molar-refractivity contribution in [3.05, 3.63) is 193 Å². The van der Waals surface area contributed by atoms with Gasteiger partial charge in [0.15, 0.2) is 0 Å². The van der Waals surface area contributed by atoms with Crippen LogP contribution in [0.15, 0.2) is 182 Å². The monoisotopic (exact) mass is 740 g/mol. The van der Waals surface area contributed by atoms with Gasteiger partial charge in [0.05, 0.1) is 11.4 Å². The molecule has 0 aliphatic carbocycles. The number of nitrogens with zero attached hydrogens (tertiary/aromatic N) is 2. The van der Waals surface area contributed by atoms with Gasteiger partial charge in [0.25, 0.3) is 0 Å². The molecule has 0 spiro atoms. The molecule has 0 amide bonds. The fourth-order valence-electron chi connectivity index (χ4n) is 8.73. The van der Waals surface area contributed by atoms with Gasteiger partial charge in [-0.2, -0.15) is 0 Å². The number of para-hydroxylation sites is 2. The molecule has 2 nitrogen and oxygen atoms in total. The predicted octanol–water partition coefficient (Wildman–Crippen LogP) is 15.7. The van der Waals surface area contributed by atoms with Crippen LogP contribution in [-0.2, 0) is 5.41 Å². The van der Waals surface area contributed by atoms with Crippen LogP contribution < -0.4 is 9.80 Å². The maximum atomic E-state index is 2.43. The number of thiophene rings is 2. The van der Waals surface area contributed by atoms with Crippen molar-refractivity contribution in [1.29, 1.82) is 0 Å². The summed E-state index contributed by atoms with van der Waals surface area (Å²) < 4.78 is 5.23. The van der Waals surface area contributed by atoms with E-state index in [4.69, 9.17) is 0 Å². The molecule has 2 aromatic heterocycles. The molecule has 11 rings (SSSR count). The standard InChI is InChI=1S/C51H36N2S2/c1-51(2)43-16-5-7-18-45(43)53(46-19-8-6-17-44(46)51)36-13-11-12-34(30-36)33-22-24-35(25-23-33)52(37-26-28-41-39-14-3-9-20-47(39)54-49(41)31-37)38-27-29-42-40-15-4-10-21-48(40)55-50(42)32-38/h3-32H,1-2H3. The highest BCUT2D eigenvalue weighted by Gasteiger charge is 2.36. The van der Waals surface area contributed by atoms with Crippen LogP contribution in [0.4, 0.5) is 34.1 Å². The van der Waals surface area contributed by atoms with Gasteiger partial charge >= 0.3 is 0 Å². The Hall–Kier alpha value is -6.20. The van der Waals surface area contributed by atoms with Crippen molar-refractivity contribution in [3.63, 3.8) is 0 Å². The Kier molecular flexibility index (Phi) is 7.28. The van der Waals surface area contributed by atoms with Gasteiger partial charge in [0, 0.05) is 68.5 Å². The molecular weight excluding hydrogens is 705 g/mol. The van der Waals surface area contributed by atoms with E-state index >= 15 is 0 Å². The topological polar surface area (TPSA) is 6.48 Å². The Morgan fingerprint density at radius 3 is 1.47 bits per heavy atom. The van der Waals surface area contributed by atoms with E-state index in [1.54, 1.807) is 0 Å². The maximum Gasteiger partial charge on any atom is 0.0502 e. The highest BCUT2D eigenvalue weighted by molar-refractivity contribution is 7.26. The second kappa shape index (κ2) is 12.4. The summed E-state index contributed by atoms with van der Waals surface area (Å²) in [4.78, 5) is 4.85. The van der Waals surface area contributed by atoms with E-state index in [9.17, 15) is 0 Å². The largest absolute Gasteiger partial charge is 0.310 e.